The highest BCUT2D eigenvalue weighted by atomic mass is 16.7. The number of amides is 1. The van der Waals surface area contributed by atoms with Crippen LogP contribution in [0, 0.1) is 11.3 Å². The van der Waals surface area contributed by atoms with E-state index in [0.717, 1.165) is 11.1 Å². The predicted molar refractivity (Wildman–Crippen MR) is 143 cm³/mol. The summed E-state index contributed by atoms with van der Waals surface area (Å²) in [6.07, 6.45) is 1.82. The van der Waals surface area contributed by atoms with Crippen LogP contribution >= 0.6 is 0 Å². The second-order valence-corrected chi connectivity index (χ2v) is 11.3. The summed E-state index contributed by atoms with van der Waals surface area (Å²) in [5.41, 5.74) is 3.24. The summed E-state index contributed by atoms with van der Waals surface area (Å²) in [6.45, 7) is 15.0. The van der Waals surface area contributed by atoms with Crippen LogP contribution < -0.4 is 10.2 Å². The lowest BCUT2D eigenvalue weighted by Crippen LogP contribution is -2.40. The van der Waals surface area contributed by atoms with Gasteiger partial charge in [-0.25, -0.2) is 14.4 Å². The molecule has 2 atom stereocenters. The number of rotatable bonds is 6. The maximum absolute atomic E-state index is 13.2. The molecule has 1 unspecified atom stereocenters. The number of fused-ring (bicyclic) bond motifs is 1. The Kier molecular flexibility index (Phi) is 8.86. The Bertz CT molecular complexity index is 1190. The van der Waals surface area contributed by atoms with E-state index in [1.54, 1.807) is 45.0 Å². The fourth-order valence-electron chi connectivity index (χ4n) is 4.74. The lowest BCUT2D eigenvalue weighted by Gasteiger charge is -2.41. The minimum absolute atomic E-state index is 0.0844. The third-order valence-electron chi connectivity index (χ3n) is 6.12. The van der Waals surface area contributed by atoms with E-state index in [1.165, 1.54) is 6.08 Å². The lowest BCUT2D eigenvalue weighted by molar-refractivity contribution is -0.158. The first kappa shape index (κ1) is 28.8. The molecule has 0 fully saturated rings. The second-order valence-electron chi connectivity index (χ2n) is 11.3. The van der Waals surface area contributed by atoms with Crippen molar-refractivity contribution < 1.29 is 33.4 Å². The molecule has 0 saturated carbocycles. The van der Waals surface area contributed by atoms with Crippen molar-refractivity contribution in [1.29, 1.82) is 0 Å². The van der Waals surface area contributed by atoms with Crippen molar-refractivity contribution >= 4 is 18.0 Å². The maximum Gasteiger partial charge on any atom is 0.441 e. The largest absolute Gasteiger partial charge is 0.458 e. The van der Waals surface area contributed by atoms with Gasteiger partial charge in [-0.3, -0.25) is 0 Å². The molecule has 0 heterocycles. The Morgan fingerprint density at radius 2 is 1.68 bits per heavy atom. The van der Waals surface area contributed by atoms with Crippen molar-refractivity contribution in [2.45, 2.75) is 65.9 Å². The Hall–Kier alpha value is -3.81. The number of hydroxylamine groups is 1. The van der Waals surface area contributed by atoms with Gasteiger partial charge in [-0.1, -0.05) is 57.7 Å². The highest BCUT2D eigenvalue weighted by molar-refractivity contribution is 5.92. The molecule has 0 aliphatic heterocycles. The molecule has 0 spiro atoms. The van der Waals surface area contributed by atoms with E-state index in [0.29, 0.717) is 24.3 Å². The molecule has 8 heteroatoms. The average molecular weight is 524 g/mol. The first-order valence-electron chi connectivity index (χ1n) is 12.7. The van der Waals surface area contributed by atoms with Gasteiger partial charge in [-0.05, 0) is 62.8 Å². The van der Waals surface area contributed by atoms with Gasteiger partial charge >= 0.3 is 18.0 Å². The number of hydrogen-bond acceptors (Lipinski definition) is 7. The van der Waals surface area contributed by atoms with Gasteiger partial charge in [0.25, 0.3) is 0 Å². The number of para-hydroxylation sites is 1. The van der Waals surface area contributed by atoms with E-state index in [9.17, 15) is 14.4 Å². The van der Waals surface area contributed by atoms with Gasteiger partial charge < -0.3 is 19.0 Å². The van der Waals surface area contributed by atoms with Crippen molar-refractivity contribution in [2.24, 2.45) is 11.3 Å². The van der Waals surface area contributed by atoms with E-state index in [-0.39, 0.29) is 23.5 Å². The Morgan fingerprint density at radius 3 is 2.34 bits per heavy atom. The van der Waals surface area contributed by atoms with Gasteiger partial charge in [0, 0.05) is 11.5 Å². The lowest BCUT2D eigenvalue weighted by atomic mass is 9.63. The molecule has 0 saturated heterocycles. The van der Waals surface area contributed by atoms with Crippen molar-refractivity contribution in [3.63, 3.8) is 0 Å². The zero-order valence-corrected chi connectivity index (χ0v) is 23.0. The molecule has 0 bridgehead atoms. The zero-order chi connectivity index (χ0) is 28.1. The number of nitrogens with one attached hydrogen (secondary N) is 1. The van der Waals surface area contributed by atoms with Crippen LogP contribution in [0.3, 0.4) is 0 Å². The molecule has 2 aromatic rings. The summed E-state index contributed by atoms with van der Waals surface area (Å²) in [5, 5.41) is 0. The molecular weight excluding hydrogens is 486 g/mol. The van der Waals surface area contributed by atoms with Crippen LogP contribution in [0.15, 0.2) is 55.1 Å². The summed E-state index contributed by atoms with van der Waals surface area (Å²) in [5.74, 6) is -1.02. The molecule has 1 aliphatic rings. The van der Waals surface area contributed by atoms with E-state index in [2.05, 4.69) is 12.1 Å². The minimum atomic E-state index is -0.835. The number of carbonyl (C=O) groups excluding carboxylic acids is 3. The van der Waals surface area contributed by atoms with E-state index < -0.39 is 29.6 Å². The van der Waals surface area contributed by atoms with Crippen LogP contribution in [-0.2, 0) is 25.5 Å². The molecule has 8 nitrogen and oxygen atoms in total. The number of aryl methyl sites for hydroxylation is 1. The summed E-state index contributed by atoms with van der Waals surface area (Å²) in [6, 6.07) is 12.6. The topological polar surface area (TPSA) is 100 Å². The fourth-order valence-corrected chi connectivity index (χ4v) is 4.74. The summed E-state index contributed by atoms with van der Waals surface area (Å²) in [4.78, 5) is 43.1. The molecule has 204 valence electrons. The standard InChI is InChI=1S/C30H37NO7/c1-8-18-35-26(32)20-13-9-10-14-22(20)36-23-15-11-12-19-16-17-21(25(24(19)23)29(2,3)4)27(33)38-31-28(34)37-30(5,6)7/h8-15,21,25H,1,16-18H2,2-7H3,(H,31,34)/t21-,25?/m0/s1. The smallest absolute Gasteiger partial charge is 0.441 e. The minimum Gasteiger partial charge on any atom is -0.458 e. The van der Waals surface area contributed by atoms with Gasteiger partial charge in [-0.2, -0.15) is 0 Å². The molecule has 38 heavy (non-hydrogen) atoms. The van der Waals surface area contributed by atoms with Crippen LogP contribution in [0.2, 0.25) is 0 Å². The number of esters is 1. The van der Waals surface area contributed by atoms with Crippen LogP contribution in [0.25, 0.3) is 0 Å². The Labute approximate surface area is 224 Å². The first-order chi connectivity index (χ1) is 17.8. The van der Waals surface area contributed by atoms with E-state index >= 15 is 0 Å². The second kappa shape index (κ2) is 11.7. The molecule has 0 radical (unpaired) electrons. The molecule has 3 rings (SSSR count). The molecular formula is C30H37NO7. The van der Waals surface area contributed by atoms with Crippen LogP contribution in [-0.4, -0.2) is 30.2 Å². The third kappa shape index (κ3) is 7.15. The molecule has 1 amide bonds. The summed E-state index contributed by atoms with van der Waals surface area (Å²) < 4.78 is 16.7. The van der Waals surface area contributed by atoms with Gasteiger partial charge in [-0.15, -0.1) is 5.48 Å². The summed E-state index contributed by atoms with van der Waals surface area (Å²) >= 11 is 0. The van der Waals surface area contributed by atoms with Gasteiger partial charge in [0.1, 0.15) is 29.3 Å². The monoisotopic (exact) mass is 523 g/mol. The number of hydrogen-bond donors (Lipinski definition) is 1. The predicted octanol–water partition coefficient (Wildman–Crippen LogP) is 6.50. The third-order valence-corrected chi connectivity index (χ3v) is 6.12. The number of carbonyl (C=O) groups is 3. The van der Waals surface area contributed by atoms with Crippen LogP contribution in [0.1, 0.15) is 75.4 Å². The van der Waals surface area contributed by atoms with Crippen molar-refractivity contribution in [1.82, 2.24) is 5.48 Å². The van der Waals surface area contributed by atoms with Crippen molar-refractivity contribution in [3.05, 3.63) is 71.8 Å². The molecule has 2 aromatic carbocycles. The van der Waals surface area contributed by atoms with E-state index in [1.807, 2.05) is 39.0 Å². The maximum atomic E-state index is 13.2. The van der Waals surface area contributed by atoms with Crippen LogP contribution in [0.5, 0.6) is 11.5 Å². The Balaban J connectivity index is 1.93. The SMILES string of the molecule is C=CCOC(=O)c1ccccc1Oc1cccc2c1C(C(C)(C)C)[C@@H](C(=O)ONC(=O)OC(C)(C)C)CC2. The van der Waals surface area contributed by atoms with Gasteiger partial charge in [0.2, 0.25) is 0 Å². The van der Waals surface area contributed by atoms with Gasteiger partial charge in [0.15, 0.2) is 0 Å². The van der Waals surface area contributed by atoms with Gasteiger partial charge in [0.05, 0.1) is 5.92 Å². The molecule has 0 aromatic heterocycles. The Morgan fingerprint density at radius 1 is 1.00 bits per heavy atom. The average Bonchev–Trinajstić information content (AvgIpc) is 2.84. The molecule has 1 N–H and O–H groups in total. The zero-order valence-electron chi connectivity index (χ0n) is 23.0. The van der Waals surface area contributed by atoms with Crippen LogP contribution in [0.4, 0.5) is 4.79 Å². The number of ether oxygens (including phenoxy) is 3. The van der Waals surface area contributed by atoms with Crippen molar-refractivity contribution in [3.8, 4) is 11.5 Å². The first-order valence-corrected chi connectivity index (χ1v) is 12.7. The fraction of sp³-hybridized carbons (Fsp3) is 0.433. The molecule has 1 aliphatic carbocycles. The van der Waals surface area contributed by atoms with Crippen molar-refractivity contribution in [2.75, 3.05) is 6.61 Å². The summed E-state index contributed by atoms with van der Waals surface area (Å²) in [7, 11) is 0. The number of benzene rings is 2. The normalized spacial score (nSPS) is 17.0. The highest BCUT2D eigenvalue weighted by Crippen LogP contribution is 2.51. The highest BCUT2D eigenvalue weighted by Gasteiger charge is 2.44. The quantitative estimate of drug-likeness (QED) is 0.200. The van der Waals surface area contributed by atoms with E-state index in [4.69, 9.17) is 19.0 Å².